The second-order valence-corrected chi connectivity index (χ2v) is 7.06. The van der Waals surface area contributed by atoms with E-state index < -0.39 is 0 Å². The summed E-state index contributed by atoms with van der Waals surface area (Å²) in [5, 5.41) is 9.15. The highest BCUT2D eigenvalue weighted by Gasteiger charge is 2.25. The molecule has 1 saturated carbocycles. The van der Waals surface area contributed by atoms with Gasteiger partial charge < -0.3 is 0 Å². The van der Waals surface area contributed by atoms with E-state index in [0.29, 0.717) is 11.5 Å². The molecule has 94 valence electrons. The van der Waals surface area contributed by atoms with Gasteiger partial charge in [0.15, 0.2) is 0 Å². The number of hydrogen-bond acceptors (Lipinski definition) is 2. The zero-order valence-electron chi connectivity index (χ0n) is 11.7. The molecule has 1 rings (SSSR count). The Bertz CT molecular complexity index is 230. The summed E-state index contributed by atoms with van der Waals surface area (Å²) in [6, 6.07) is 0.507. The Balaban J connectivity index is 2.46. The third kappa shape index (κ3) is 5.62. The van der Waals surface area contributed by atoms with E-state index in [0.717, 1.165) is 6.42 Å². The fourth-order valence-corrected chi connectivity index (χ4v) is 2.77. The molecule has 0 radical (unpaired) electrons. The third-order valence-corrected chi connectivity index (χ3v) is 3.03. The number of nitrogens with zero attached hydrogens (tertiary/aromatic N) is 2. The molecule has 1 aliphatic rings. The van der Waals surface area contributed by atoms with Crippen LogP contribution in [0.2, 0.25) is 0 Å². The molecular formula is C14H28N2. The van der Waals surface area contributed by atoms with Crippen molar-refractivity contribution in [3.05, 3.63) is 0 Å². The van der Waals surface area contributed by atoms with Gasteiger partial charge in [-0.1, -0.05) is 40.0 Å². The predicted octanol–water partition coefficient (Wildman–Crippen LogP) is 4.99. The average Bonchev–Trinajstić information content (AvgIpc) is 2.13. The molecule has 0 spiro atoms. The predicted molar refractivity (Wildman–Crippen MR) is 69.9 cm³/mol. The summed E-state index contributed by atoms with van der Waals surface area (Å²) in [7, 11) is 0. The van der Waals surface area contributed by atoms with Crippen LogP contribution in [0.3, 0.4) is 0 Å². The van der Waals surface area contributed by atoms with Crippen molar-refractivity contribution in [2.75, 3.05) is 0 Å². The molecule has 0 aromatic carbocycles. The van der Waals surface area contributed by atoms with E-state index in [2.05, 4.69) is 44.8 Å². The largest absolute Gasteiger partial charge is 0.190 e. The topological polar surface area (TPSA) is 24.7 Å². The minimum Gasteiger partial charge on any atom is -0.190 e. The molecule has 0 saturated heterocycles. The molecule has 1 fully saturated rings. The summed E-state index contributed by atoms with van der Waals surface area (Å²) in [5.41, 5.74) is 0.324. The van der Waals surface area contributed by atoms with Gasteiger partial charge >= 0.3 is 0 Å². The lowest BCUT2D eigenvalue weighted by molar-refractivity contribution is 0.274. The van der Waals surface area contributed by atoms with Crippen molar-refractivity contribution >= 4 is 0 Å². The summed E-state index contributed by atoms with van der Waals surface area (Å²) in [6.07, 6.45) is 7.64. The van der Waals surface area contributed by atoms with Crippen LogP contribution < -0.4 is 0 Å². The lowest BCUT2D eigenvalue weighted by atomic mass is 9.82. The average molecular weight is 224 g/mol. The van der Waals surface area contributed by atoms with Crippen molar-refractivity contribution in [1.82, 2.24) is 0 Å². The van der Waals surface area contributed by atoms with Gasteiger partial charge in [-0.25, -0.2) is 0 Å². The second-order valence-electron chi connectivity index (χ2n) is 7.06. The summed E-state index contributed by atoms with van der Waals surface area (Å²) < 4.78 is 0. The minimum absolute atomic E-state index is 0.00427. The first-order valence-corrected chi connectivity index (χ1v) is 6.71. The van der Waals surface area contributed by atoms with E-state index >= 15 is 0 Å². The van der Waals surface area contributed by atoms with E-state index in [1.807, 2.05) is 0 Å². The summed E-state index contributed by atoms with van der Waals surface area (Å²) in [6.45, 7) is 11.2. The van der Waals surface area contributed by atoms with Crippen LogP contribution >= 0.6 is 0 Å². The first kappa shape index (κ1) is 13.7. The molecule has 2 heteroatoms. The SMILES string of the molecule is CC(C)(C)CC(C)(C)N=NC1CCCCC1. The summed E-state index contributed by atoms with van der Waals surface area (Å²) in [5.74, 6) is 0. The summed E-state index contributed by atoms with van der Waals surface area (Å²) in [4.78, 5) is 0. The van der Waals surface area contributed by atoms with Crippen LogP contribution in [0.4, 0.5) is 0 Å². The molecule has 0 aliphatic heterocycles. The van der Waals surface area contributed by atoms with Gasteiger partial charge in [-0.05, 0) is 38.5 Å². The van der Waals surface area contributed by atoms with Crippen molar-refractivity contribution in [3.63, 3.8) is 0 Å². The van der Waals surface area contributed by atoms with Crippen LogP contribution in [0.5, 0.6) is 0 Å². The number of rotatable bonds is 3. The van der Waals surface area contributed by atoms with Crippen molar-refractivity contribution in [1.29, 1.82) is 0 Å². The number of azo groups is 1. The van der Waals surface area contributed by atoms with Crippen LogP contribution in [0.1, 0.15) is 73.1 Å². The van der Waals surface area contributed by atoms with Crippen molar-refractivity contribution in [2.45, 2.75) is 84.7 Å². The Hall–Kier alpha value is -0.400. The van der Waals surface area contributed by atoms with Gasteiger partial charge in [-0.15, -0.1) is 0 Å². The fourth-order valence-electron chi connectivity index (χ4n) is 2.77. The Morgan fingerprint density at radius 2 is 1.50 bits per heavy atom. The van der Waals surface area contributed by atoms with Gasteiger partial charge in [0.1, 0.15) is 0 Å². The van der Waals surface area contributed by atoms with E-state index in [1.54, 1.807) is 0 Å². The van der Waals surface area contributed by atoms with Gasteiger partial charge in [0, 0.05) is 0 Å². The highest BCUT2D eigenvalue weighted by molar-refractivity contribution is 4.83. The highest BCUT2D eigenvalue weighted by atomic mass is 15.2. The van der Waals surface area contributed by atoms with E-state index in [9.17, 15) is 0 Å². The standard InChI is InChI=1S/C14H28N2/c1-13(2,3)11-14(4,5)16-15-12-9-7-6-8-10-12/h12H,6-11H2,1-5H3. The number of hydrogen-bond donors (Lipinski definition) is 0. The Morgan fingerprint density at radius 1 is 0.938 bits per heavy atom. The monoisotopic (exact) mass is 224 g/mol. The first-order valence-electron chi connectivity index (χ1n) is 6.71. The molecule has 16 heavy (non-hydrogen) atoms. The molecule has 0 unspecified atom stereocenters. The van der Waals surface area contributed by atoms with Crippen LogP contribution in [0.15, 0.2) is 10.2 Å². The van der Waals surface area contributed by atoms with Crippen LogP contribution in [0, 0.1) is 5.41 Å². The Morgan fingerprint density at radius 3 is 2.00 bits per heavy atom. The molecule has 0 atom stereocenters. The lowest BCUT2D eigenvalue weighted by Crippen LogP contribution is -2.25. The molecule has 0 amide bonds. The maximum atomic E-state index is 4.59. The van der Waals surface area contributed by atoms with Crippen molar-refractivity contribution in [2.24, 2.45) is 15.6 Å². The lowest BCUT2D eigenvalue weighted by Gasteiger charge is -2.28. The molecular weight excluding hydrogens is 196 g/mol. The maximum Gasteiger partial charge on any atom is 0.0765 e. The Kier molecular flexibility index (Phi) is 4.52. The molecule has 1 aliphatic carbocycles. The van der Waals surface area contributed by atoms with Crippen LogP contribution in [-0.4, -0.2) is 11.6 Å². The van der Waals surface area contributed by atoms with Crippen molar-refractivity contribution in [3.8, 4) is 0 Å². The molecule has 0 N–H and O–H groups in total. The van der Waals surface area contributed by atoms with Gasteiger partial charge in [0.2, 0.25) is 0 Å². The van der Waals surface area contributed by atoms with Gasteiger partial charge in [0.05, 0.1) is 11.6 Å². The highest BCUT2D eigenvalue weighted by Crippen LogP contribution is 2.30. The van der Waals surface area contributed by atoms with E-state index in [4.69, 9.17) is 0 Å². The molecule has 0 bridgehead atoms. The smallest absolute Gasteiger partial charge is 0.0765 e. The molecule has 0 aromatic rings. The Labute approximate surface area is 101 Å². The zero-order chi connectivity index (χ0) is 12.2. The normalized spacial score (nSPS) is 20.6. The van der Waals surface area contributed by atoms with Gasteiger partial charge in [0.25, 0.3) is 0 Å². The molecule has 2 nitrogen and oxygen atoms in total. The molecule has 0 aromatic heterocycles. The van der Waals surface area contributed by atoms with Crippen LogP contribution in [-0.2, 0) is 0 Å². The maximum absolute atomic E-state index is 4.59. The first-order chi connectivity index (χ1) is 7.29. The van der Waals surface area contributed by atoms with Crippen molar-refractivity contribution < 1.29 is 0 Å². The van der Waals surface area contributed by atoms with Gasteiger partial charge in [-0.2, -0.15) is 10.2 Å². The quantitative estimate of drug-likeness (QED) is 0.604. The third-order valence-electron chi connectivity index (χ3n) is 3.03. The second kappa shape index (κ2) is 5.29. The minimum atomic E-state index is -0.00427. The van der Waals surface area contributed by atoms with Crippen LogP contribution in [0.25, 0.3) is 0 Å². The zero-order valence-corrected chi connectivity index (χ0v) is 11.7. The van der Waals surface area contributed by atoms with Gasteiger partial charge in [-0.3, -0.25) is 0 Å². The summed E-state index contributed by atoms with van der Waals surface area (Å²) >= 11 is 0. The molecule has 0 heterocycles. The fraction of sp³-hybridized carbons (Fsp3) is 1.00. The van der Waals surface area contributed by atoms with E-state index in [1.165, 1.54) is 32.1 Å². The van der Waals surface area contributed by atoms with E-state index in [-0.39, 0.29) is 5.54 Å².